The summed E-state index contributed by atoms with van der Waals surface area (Å²) in [4.78, 5) is 32.5. The van der Waals surface area contributed by atoms with Gasteiger partial charge in [0.05, 0.1) is 11.8 Å². The maximum atomic E-state index is 13.3. The standard InChI is InChI=1S/C21H29N3O2/c1-16-5-7-17(8-6-16)11-19(25)24-13-18-12-22(2)14-21(18,15-24)20(26)23-9-3-4-10-23/h5-8,18H,3-4,9-15H2,1-2H3/t18-,21-/m0/s1. The van der Waals surface area contributed by atoms with E-state index in [0.717, 1.165) is 44.6 Å². The van der Waals surface area contributed by atoms with Crippen molar-refractivity contribution >= 4 is 11.8 Å². The van der Waals surface area contributed by atoms with Crippen molar-refractivity contribution in [3.05, 3.63) is 35.4 Å². The van der Waals surface area contributed by atoms with E-state index in [1.807, 2.05) is 21.9 Å². The fraction of sp³-hybridized carbons (Fsp3) is 0.619. The molecule has 0 aromatic heterocycles. The van der Waals surface area contributed by atoms with E-state index in [2.05, 4.69) is 31.0 Å². The second-order valence-corrected chi connectivity index (χ2v) is 8.49. The number of carbonyl (C=O) groups is 2. The van der Waals surface area contributed by atoms with E-state index in [0.29, 0.717) is 19.5 Å². The number of benzene rings is 1. The predicted octanol–water partition coefficient (Wildman–Crippen LogP) is 1.55. The Labute approximate surface area is 155 Å². The van der Waals surface area contributed by atoms with E-state index < -0.39 is 0 Å². The van der Waals surface area contributed by atoms with Crippen molar-refractivity contribution < 1.29 is 9.59 Å². The first-order chi connectivity index (χ1) is 12.5. The molecule has 1 aromatic carbocycles. The summed E-state index contributed by atoms with van der Waals surface area (Å²) >= 11 is 0. The van der Waals surface area contributed by atoms with Crippen molar-refractivity contribution in [2.75, 3.05) is 46.3 Å². The summed E-state index contributed by atoms with van der Waals surface area (Å²) in [7, 11) is 2.09. The molecular formula is C21H29N3O2. The summed E-state index contributed by atoms with van der Waals surface area (Å²) in [6, 6.07) is 8.16. The van der Waals surface area contributed by atoms with Gasteiger partial charge >= 0.3 is 0 Å². The molecule has 3 saturated heterocycles. The Bertz CT molecular complexity index is 696. The van der Waals surface area contributed by atoms with Crippen LogP contribution in [0.25, 0.3) is 0 Å². The first-order valence-corrected chi connectivity index (χ1v) is 9.79. The summed E-state index contributed by atoms with van der Waals surface area (Å²) in [6.45, 7) is 6.81. The van der Waals surface area contributed by atoms with Crippen LogP contribution in [0.5, 0.6) is 0 Å². The molecule has 3 fully saturated rings. The normalized spacial score (nSPS) is 28.6. The number of fused-ring (bicyclic) bond motifs is 1. The van der Waals surface area contributed by atoms with Gasteiger partial charge in [0.1, 0.15) is 0 Å². The predicted molar refractivity (Wildman–Crippen MR) is 101 cm³/mol. The number of amides is 2. The molecule has 0 N–H and O–H groups in total. The second-order valence-electron chi connectivity index (χ2n) is 8.49. The zero-order valence-corrected chi connectivity index (χ0v) is 15.9. The van der Waals surface area contributed by atoms with Gasteiger partial charge < -0.3 is 14.7 Å². The van der Waals surface area contributed by atoms with E-state index in [-0.39, 0.29) is 23.1 Å². The van der Waals surface area contributed by atoms with Crippen LogP contribution in [0.1, 0.15) is 24.0 Å². The van der Waals surface area contributed by atoms with Gasteiger partial charge in [-0.1, -0.05) is 29.8 Å². The van der Waals surface area contributed by atoms with Crippen molar-refractivity contribution in [2.45, 2.75) is 26.2 Å². The molecule has 0 radical (unpaired) electrons. The third-order valence-corrected chi connectivity index (χ3v) is 6.43. The molecule has 3 heterocycles. The largest absolute Gasteiger partial charge is 0.342 e. The lowest BCUT2D eigenvalue weighted by molar-refractivity contribution is -0.141. The van der Waals surface area contributed by atoms with Gasteiger partial charge in [0, 0.05) is 45.2 Å². The maximum Gasteiger partial charge on any atom is 0.232 e. The number of hydrogen-bond acceptors (Lipinski definition) is 3. The molecule has 140 valence electrons. The quantitative estimate of drug-likeness (QED) is 0.826. The van der Waals surface area contributed by atoms with E-state index >= 15 is 0 Å². The number of carbonyl (C=O) groups excluding carboxylic acids is 2. The molecule has 3 aliphatic heterocycles. The van der Waals surface area contributed by atoms with Gasteiger partial charge in [0.2, 0.25) is 11.8 Å². The summed E-state index contributed by atoms with van der Waals surface area (Å²) < 4.78 is 0. The molecule has 2 amide bonds. The highest BCUT2D eigenvalue weighted by atomic mass is 16.2. The van der Waals surface area contributed by atoms with Crippen LogP contribution in [0.4, 0.5) is 0 Å². The molecule has 0 aliphatic carbocycles. The SMILES string of the molecule is Cc1ccc(CC(=O)N2C[C@@H]3CN(C)C[C@]3(C(=O)N3CCCC3)C2)cc1. The smallest absolute Gasteiger partial charge is 0.232 e. The van der Waals surface area contributed by atoms with Gasteiger partial charge in [-0.15, -0.1) is 0 Å². The zero-order valence-electron chi connectivity index (χ0n) is 15.9. The summed E-state index contributed by atoms with van der Waals surface area (Å²) in [5.41, 5.74) is 1.87. The fourth-order valence-corrected chi connectivity index (χ4v) is 5.04. The highest BCUT2D eigenvalue weighted by Gasteiger charge is 2.58. The lowest BCUT2D eigenvalue weighted by Crippen LogP contribution is -2.49. The third kappa shape index (κ3) is 3.02. The van der Waals surface area contributed by atoms with Crippen LogP contribution in [-0.2, 0) is 16.0 Å². The Morgan fingerprint density at radius 2 is 1.73 bits per heavy atom. The Balaban J connectivity index is 1.49. The van der Waals surface area contributed by atoms with Crippen LogP contribution in [0.3, 0.4) is 0 Å². The molecule has 0 unspecified atom stereocenters. The minimum atomic E-state index is -0.387. The molecule has 4 rings (SSSR count). The topological polar surface area (TPSA) is 43.9 Å². The summed E-state index contributed by atoms with van der Waals surface area (Å²) in [5.74, 6) is 0.706. The fourth-order valence-electron chi connectivity index (χ4n) is 5.04. The van der Waals surface area contributed by atoms with Crippen molar-refractivity contribution in [3.8, 4) is 0 Å². The molecule has 26 heavy (non-hydrogen) atoms. The number of likely N-dealkylation sites (tertiary alicyclic amines) is 3. The Morgan fingerprint density at radius 1 is 1.04 bits per heavy atom. The molecule has 2 atom stereocenters. The molecule has 5 heteroatoms. The monoisotopic (exact) mass is 355 g/mol. The molecular weight excluding hydrogens is 326 g/mol. The minimum absolute atomic E-state index is 0.152. The van der Waals surface area contributed by atoms with Gasteiger partial charge in [-0.25, -0.2) is 0 Å². The highest BCUT2D eigenvalue weighted by molar-refractivity contribution is 5.87. The Hall–Kier alpha value is -1.88. The molecule has 0 bridgehead atoms. The molecule has 3 aliphatic rings. The molecule has 0 saturated carbocycles. The van der Waals surface area contributed by atoms with Crippen LogP contribution in [0.2, 0.25) is 0 Å². The Morgan fingerprint density at radius 3 is 2.42 bits per heavy atom. The first-order valence-electron chi connectivity index (χ1n) is 9.79. The first kappa shape index (κ1) is 17.5. The second kappa shape index (κ2) is 6.69. The number of rotatable bonds is 3. The average Bonchev–Trinajstić information content (AvgIpc) is 3.30. The van der Waals surface area contributed by atoms with Crippen LogP contribution in [0, 0.1) is 18.3 Å². The van der Waals surface area contributed by atoms with E-state index in [4.69, 9.17) is 0 Å². The summed E-state index contributed by atoms with van der Waals surface area (Å²) in [5, 5.41) is 0. The molecule has 1 aromatic rings. The van der Waals surface area contributed by atoms with E-state index in [1.54, 1.807) is 0 Å². The zero-order chi connectivity index (χ0) is 18.3. The van der Waals surface area contributed by atoms with E-state index in [1.165, 1.54) is 5.56 Å². The highest BCUT2D eigenvalue weighted by Crippen LogP contribution is 2.44. The van der Waals surface area contributed by atoms with Crippen molar-refractivity contribution in [1.82, 2.24) is 14.7 Å². The van der Waals surface area contributed by atoms with Crippen LogP contribution in [0.15, 0.2) is 24.3 Å². The maximum absolute atomic E-state index is 13.3. The number of aryl methyl sites for hydroxylation is 1. The molecule has 0 spiro atoms. The van der Waals surface area contributed by atoms with Gasteiger partial charge in [-0.3, -0.25) is 9.59 Å². The van der Waals surface area contributed by atoms with E-state index in [9.17, 15) is 9.59 Å². The van der Waals surface area contributed by atoms with Gasteiger partial charge in [-0.2, -0.15) is 0 Å². The van der Waals surface area contributed by atoms with Crippen molar-refractivity contribution in [2.24, 2.45) is 11.3 Å². The lowest BCUT2D eigenvalue weighted by atomic mass is 9.79. The molecule has 5 nitrogen and oxygen atoms in total. The van der Waals surface area contributed by atoms with Crippen LogP contribution >= 0.6 is 0 Å². The third-order valence-electron chi connectivity index (χ3n) is 6.43. The van der Waals surface area contributed by atoms with Crippen molar-refractivity contribution in [3.63, 3.8) is 0 Å². The average molecular weight is 355 g/mol. The van der Waals surface area contributed by atoms with Crippen molar-refractivity contribution in [1.29, 1.82) is 0 Å². The van der Waals surface area contributed by atoms with Crippen LogP contribution in [-0.4, -0.2) is 72.8 Å². The minimum Gasteiger partial charge on any atom is -0.342 e. The number of hydrogen-bond donors (Lipinski definition) is 0. The van der Waals surface area contributed by atoms with Gasteiger partial charge in [-0.05, 0) is 32.4 Å². The number of nitrogens with zero attached hydrogens (tertiary/aromatic N) is 3. The lowest BCUT2D eigenvalue weighted by Gasteiger charge is -2.32. The van der Waals surface area contributed by atoms with Crippen LogP contribution < -0.4 is 0 Å². The Kier molecular flexibility index (Phi) is 4.51. The van der Waals surface area contributed by atoms with Gasteiger partial charge in [0.15, 0.2) is 0 Å². The van der Waals surface area contributed by atoms with Gasteiger partial charge in [0.25, 0.3) is 0 Å². The summed E-state index contributed by atoms with van der Waals surface area (Å²) in [6.07, 6.45) is 2.65.